The molecular weight excluding hydrogens is 263 g/mol. The third-order valence-electron chi connectivity index (χ3n) is 3.66. The third kappa shape index (κ3) is 2.26. The van der Waals surface area contributed by atoms with Gasteiger partial charge >= 0.3 is 6.18 Å². The minimum atomic E-state index is -4.32. The number of anilines is 1. The highest BCUT2D eigenvalue weighted by molar-refractivity contribution is 5.59. The van der Waals surface area contributed by atoms with Gasteiger partial charge in [-0.1, -0.05) is 35.9 Å². The summed E-state index contributed by atoms with van der Waals surface area (Å²) in [7, 11) is 0. The molecular formula is C16H14F3N. The summed E-state index contributed by atoms with van der Waals surface area (Å²) in [4.78, 5) is 0. The summed E-state index contributed by atoms with van der Waals surface area (Å²) in [6, 6.07) is 11.4. The molecule has 2 aromatic carbocycles. The second-order valence-electron chi connectivity index (χ2n) is 5.15. The number of hydrogen-bond donors (Lipinski definition) is 1. The first kappa shape index (κ1) is 13.0. The van der Waals surface area contributed by atoms with Gasteiger partial charge in [0.25, 0.3) is 0 Å². The van der Waals surface area contributed by atoms with Crippen LogP contribution in [0.25, 0.3) is 0 Å². The zero-order chi connectivity index (χ0) is 14.3. The van der Waals surface area contributed by atoms with Crippen molar-refractivity contribution >= 4 is 5.69 Å². The molecule has 0 fully saturated rings. The van der Waals surface area contributed by atoms with E-state index in [1.807, 2.05) is 25.1 Å². The van der Waals surface area contributed by atoms with Crippen LogP contribution in [0, 0.1) is 6.92 Å². The van der Waals surface area contributed by atoms with Crippen LogP contribution in [0.2, 0.25) is 0 Å². The van der Waals surface area contributed by atoms with Crippen molar-refractivity contribution in [1.29, 1.82) is 0 Å². The Hall–Kier alpha value is -1.97. The topological polar surface area (TPSA) is 12.0 Å². The molecule has 3 rings (SSSR count). The summed E-state index contributed by atoms with van der Waals surface area (Å²) >= 11 is 0. The lowest BCUT2D eigenvalue weighted by Crippen LogP contribution is -2.15. The van der Waals surface area contributed by atoms with Crippen molar-refractivity contribution < 1.29 is 13.2 Å². The minimum Gasteiger partial charge on any atom is -0.378 e. The molecule has 2 aromatic rings. The highest BCUT2D eigenvalue weighted by Gasteiger charge is 2.36. The van der Waals surface area contributed by atoms with E-state index in [-0.39, 0.29) is 6.04 Å². The van der Waals surface area contributed by atoms with Crippen molar-refractivity contribution in [3.63, 3.8) is 0 Å². The van der Waals surface area contributed by atoms with Crippen LogP contribution in [0.5, 0.6) is 0 Å². The molecule has 1 unspecified atom stereocenters. The van der Waals surface area contributed by atoms with Crippen molar-refractivity contribution in [2.75, 3.05) is 5.32 Å². The lowest BCUT2D eigenvalue weighted by atomic mass is 9.97. The number of aryl methyl sites for hydroxylation is 1. The second kappa shape index (κ2) is 4.54. The average molecular weight is 277 g/mol. The molecule has 1 aliphatic rings. The zero-order valence-corrected chi connectivity index (χ0v) is 11.0. The molecule has 4 heteroatoms. The van der Waals surface area contributed by atoms with Crippen LogP contribution in [0.15, 0.2) is 42.5 Å². The van der Waals surface area contributed by atoms with Crippen molar-refractivity contribution in [2.24, 2.45) is 0 Å². The summed E-state index contributed by atoms with van der Waals surface area (Å²) in [5, 5.41) is 3.19. The Labute approximate surface area is 115 Å². The number of alkyl halides is 3. The fourth-order valence-corrected chi connectivity index (χ4v) is 2.74. The predicted octanol–water partition coefficient (Wildman–Crippen LogP) is 4.72. The van der Waals surface area contributed by atoms with E-state index in [0.29, 0.717) is 12.0 Å². The average Bonchev–Trinajstić information content (AvgIpc) is 2.80. The largest absolute Gasteiger partial charge is 0.416 e. The van der Waals surface area contributed by atoms with E-state index in [4.69, 9.17) is 0 Å². The highest BCUT2D eigenvalue weighted by Crippen LogP contribution is 2.40. The van der Waals surface area contributed by atoms with Crippen LogP contribution in [0.1, 0.15) is 28.3 Å². The summed E-state index contributed by atoms with van der Waals surface area (Å²) < 4.78 is 39.2. The Morgan fingerprint density at radius 2 is 1.85 bits per heavy atom. The smallest absolute Gasteiger partial charge is 0.378 e. The summed E-state index contributed by atoms with van der Waals surface area (Å²) in [6.07, 6.45) is -3.73. The maximum atomic E-state index is 13.1. The first-order valence-electron chi connectivity index (χ1n) is 6.47. The molecule has 1 N–H and O–H groups in total. The molecule has 0 aliphatic carbocycles. The van der Waals surface area contributed by atoms with Gasteiger partial charge in [-0.25, -0.2) is 0 Å². The molecule has 0 aromatic heterocycles. The Kier molecular flexibility index (Phi) is 2.96. The minimum absolute atomic E-state index is 0.314. The number of halogens is 3. The van der Waals surface area contributed by atoms with Gasteiger partial charge in [-0.3, -0.25) is 0 Å². The van der Waals surface area contributed by atoms with E-state index < -0.39 is 11.7 Å². The number of fused-ring (bicyclic) bond motifs is 1. The van der Waals surface area contributed by atoms with Gasteiger partial charge in [-0.05, 0) is 36.6 Å². The maximum Gasteiger partial charge on any atom is 0.416 e. The van der Waals surface area contributed by atoms with Gasteiger partial charge in [-0.15, -0.1) is 0 Å². The number of nitrogens with one attached hydrogen (secondary N) is 1. The van der Waals surface area contributed by atoms with Crippen molar-refractivity contribution in [2.45, 2.75) is 25.6 Å². The van der Waals surface area contributed by atoms with Crippen LogP contribution in [-0.4, -0.2) is 0 Å². The summed E-state index contributed by atoms with van der Waals surface area (Å²) in [6.45, 7) is 1.98. The van der Waals surface area contributed by atoms with Crippen LogP contribution in [-0.2, 0) is 12.6 Å². The van der Waals surface area contributed by atoms with Crippen molar-refractivity contribution in [1.82, 2.24) is 0 Å². The van der Waals surface area contributed by atoms with Gasteiger partial charge < -0.3 is 5.32 Å². The van der Waals surface area contributed by atoms with E-state index in [0.717, 1.165) is 22.9 Å². The van der Waals surface area contributed by atoms with Gasteiger partial charge in [0.1, 0.15) is 0 Å². The number of rotatable bonds is 1. The molecule has 0 saturated heterocycles. The normalized spacial score (nSPS) is 17.7. The van der Waals surface area contributed by atoms with E-state index in [2.05, 4.69) is 5.32 Å². The molecule has 0 radical (unpaired) electrons. The standard InChI is InChI=1S/C16H14F3N/c1-10-6-7-14-11(8-10)9-15(20-14)12-4-2-3-5-13(12)16(17,18)19/h2-8,15,20H,9H2,1H3. The third-order valence-corrected chi connectivity index (χ3v) is 3.66. The zero-order valence-electron chi connectivity index (χ0n) is 11.0. The number of hydrogen-bond acceptors (Lipinski definition) is 1. The molecule has 20 heavy (non-hydrogen) atoms. The quantitative estimate of drug-likeness (QED) is 0.795. The van der Waals surface area contributed by atoms with E-state index in [9.17, 15) is 13.2 Å². The lowest BCUT2D eigenvalue weighted by Gasteiger charge is -2.18. The Balaban J connectivity index is 1.98. The van der Waals surface area contributed by atoms with Gasteiger partial charge in [0, 0.05) is 5.69 Å². The maximum absolute atomic E-state index is 13.1. The fraction of sp³-hybridized carbons (Fsp3) is 0.250. The van der Waals surface area contributed by atoms with Crippen LogP contribution in [0.3, 0.4) is 0 Å². The highest BCUT2D eigenvalue weighted by atomic mass is 19.4. The molecule has 0 bridgehead atoms. The number of benzene rings is 2. The predicted molar refractivity (Wildman–Crippen MR) is 72.7 cm³/mol. The molecule has 1 heterocycles. The Bertz CT molecular complexity index is 646. The van der Waals surface area contributed by atoms with E-state index in [1.54, 1.807) is 12.1 Å². The van der Waals surface area contributed by atoms with Gasteiger partial charge in [0.15, 0.2) is 0 Å². The van der Waals surface area contributed by atoms with Gasteiger partial charge in [0.05, 0.1) is 11.6 Å². The van der Waals surface area contributed by atoms with Crippen molar-refractivity contribution in [3.8, 4) is 0 Å². The van der Waals surface area contributed by atoms with Crippen LogP contribution in [0.4, 0.5) is 18.9 Å². The fourth-order valence-electron chi connectivity index (χ4n) is 2.74. The Morgan fingerprint density at radius 1 is 1.10 bits per heavy atom. The second-order valence-corrected chi connectivity index (χ2v) is 5.15. The molecule has 0 amide bonds. The molecule has 0 spiro atoms. The van der Waals surface area contributed by atoms with E-state index in [1.165, 1.54) is 6.07 Å². The summed E-state index contributed by atoms with van der Waals surface area (Å²) in [5.74, 6) is 0. The van der Waals surface area contributed by atoms with E-state index >= 15 is 0 Å². The SMILES string of the molecule is Cc1ccc2c(c1)CC(c1ccccc1C(F)(F)F)N2. The molecule has 104 valence electrons. The lowest BCUT2D eigenvalue weighted by molar-refractivity contribution is -0.138. The van der Waals surface area contributed by atoms with Gasteiger partial charge in [-0.2, -0.15) is 13.2 Å². The molecule has 1 aliphatic heterocycles. The molecule has 1 nitrogen and oxygen atoms in total. The van der Waals surface area contributed by atoms with Crippen LogP contribution >= 0.6 is 0 Å². The first-order valence-corrected chi connectivity index (χ1v) is 6.47. The van der Waals surface area contributed by atoms with Gasteiger partial charge in [0.2, 0.25) is 0 Å². The van der Waals surface area contributed by atoms with Crippen LogP contribution < -0.4 is 5.32 Å². The van der Waals surface area contributed by atoms with Crippen molar-refractivity contribution in [3.05, 3.63) is 64.7 Å². The molecule has 0 saturated carbocycles. The first-order chi connectivity index (χ1) is 9.45. The Morgan fingerprint density at radius 3 is 2.60 bits per heavy atom. The monoisotopic (exact) mass is 277 g/mol. The molecule has 1 atom stereocenters. The summed E-state index contributed by atoms with van der Waals surface area (Å²) in [5.41, 5.74) is 2.88.